The highest BCUT2D eigenvalue weighted by atomic mass is 32.1. The minimum atomic E-state index is -0.431. The topological polar surface area (TPSA) is 52.3 Å². The zero-order valence-electron chi connectivity index (χ0n) is 6.38. The van der Waals surface area contributed by atoms with Gasteiger partial charge in [-0.2, -0.15) is 0 Å². The first-order valence-corrected chi connectivity index (χ1v) is 3.91. The van der Waals surface area contributed by atoms with E-state index in [9.17, 15) is 4.79 Å². The quantitative estimate of drug-likeness (QED) is 0.726. The van der Waals surface area contributed by atoms with E-state index < -0.39 is 5.91 Å². The maximum absolute atomic E-state index is 10.7. The van der Waals surface area contributed by atoms with Gasteiger partial charge in [-0.3, -0.25) is 4.79 Å². The lowest BCUT2D eigenvalue weighted by Crippen LogP contribution is -2.09. The van der Waals surface area contributed by atoms with Gasteiger partial charge in [0, 0.05) is 4.88 Å². The van der Waals surface area contributed by atoms with Gasteiger partial charge in [-0.15, -0.1) is 11.3 Å². The molecule has 0 aliphatic carbocycles. The van der Waals surface area contributed by atoms with Crippen LogP contribution in [0.25, 0.3) is 0 Å². The summed E-state index contributed by atoms with van der Waals surface area (Å²) >= 11 is 1.35. The van der Waals surface area contributed by atoms with Gasteiger partial charge in [-0.1, -0.05) is 0 Å². The van der Waals surface area contributed by atoms with Gasteiger partial charge in [0.1, 0.15) is 10.6 Å². The second-order valence-electron chi connectivity index (χ2n) is 2.12. The summed E-state index contributed by atoms with van der Waals surface area (Å²) in [6.07, 6.45) is 0. The van der Waals surface area contributed by atoms with Crippen LogP contribution in [0.15, 0.2) is 6.07 Å². The number of amides is 1. The van der Waals surface area contributed by atoms with Crippen molar-refractivity contribution in [3.8, 4) is 5.75 Å². The first-order chi connectivity index (χ1) is 5.15. The van der Waals surface area contributed by atoms with Crippen molar-refractivity contribution in [1.29, 1.82) is 0 Å². The van der Waals surface area contributed by atoms with E-state index in [1.54, 1.807) is 6.07 Å². The molecule has 0 aliphatic heterocycles. The van der Waals surface area contributed by atoms with Crippen LogP contribution in [0.4, 0.5) is 0 Å². The lowest BCUT2D eigenvalue weighted by Gasteiger charge is -1.95. The molecule has 60 valence electrons. The largest absolute Gasteiger partial charge is 0.495 e. The van der Waals surface area contributed by atoms with Crippen LogP contribution in [0.2, 0.25) is 0 Å². The SMILES string of the molecule is COc1cc(C)sc1C(N)=O. The summed E-state index contributed by atoms with van der Waals surface area (Å²) in [7, 11) is 1.52. The van der Waals surface area contributed by atoms with Gasteiger partial charge in [0.15, 0.2) is 0 Å². The third-order valence-electron chi connectivity index (χ3n) is 1.26. The van der Waals surface area contributed by atoms with E-state index in [2.05, 4.69) is 0 Å². The van der Waals surface area contributed by atoms with Crippen LogP contribution in [0.3, 0.4) is 0 Å². The highest BCUT2D eigenvalue weighted by Gasteiger charge is 2.11. The Bertz CT molecular complexity index is 280. The standard InChI is InChI=1S/C7H9NO2S/c1-4-3-5(10-2)6(11-4)7(8)9/h3H,1-2H3,(H2,8,9). The van der Waals surface area contributed by atoms with Crippen LogP contribution in [-0.2, 0) is 0 Å². The molecule has 4 heteroatoms. The molecule has 0 unspecified atom stereocenters. The van der Waals surface area contributed by atoms with Crippen LogP contribution >= 0.6 is 11.3 Å². The van der Waals surface area contributed by atoms with E-state index in [-0.39, 0.29) is 0 Å². The van der Waals surface area contributed by atoms with Crippen LogP contribution < -0.4 is 10.5 Å². The predicted molar refractivity (Wildman–Crippen MR) is 44.1 cm³/mol. The van der Waals surface area contributed by atoms with E-state index in [1.165, 1.54) is 18.4 Å². The number of ether oxygens (including phenoxy) is 1. The summed E-state index contributed by atoms with van der Waals surface area (Å²) in [5.41, 5.74) is 5.09. The zero-order chi connectivity index (χ0) is 8.43. The monoisotopic (exact) mass is 171 g/mol. The van der Waals surface area contributed by atoms with E-state index in [1.807, 2.05) is 6.92 Å². The number of methoxy groups -OCH3 is 1. The molecule has 0 aromatic carbocycles. The van der Waals surface area contributed by atoms with Gasteiger partial charge in [-0.25, -0.2) is 0 Å². The first-order valence-electron chi connectivity index (χ1n) is 3.09. The molecular weight excluding hydrogens is 162 g/mol. The zero-order valence-corrected chi connectivity index (χ0v) is 7.20. The minimum absolute atomic E-state index is 0.431. The van der Waals surface area contributed by atoms with Crippen LogP contribution in [0, 0.1) is 6.92 Å². The smallest absolute Gasteiger partial charge is 0.262 e. The molecule has 11 heavy (non-hydrogen) atoms. The van der Waals surface area contributed by atoms with Gasteiger partial charge in [0.25, 0.3) is 5.91 Å². The van der Waals surface area contributed by atoms with Gasteiger partial charge in [0.2, 0.25) is 0 Å². The molecule has 1 aromatic heterocycles. The van der Waals surface area contributed by atoms with Crippen molar-refractivity contribution in [3.05, 3.63) is 15.8 Å². The highest BCUT2D eigenvalue weighted by molar-refractivity contribution is 7.14. The number of carbonyl (C=O) groups is 1. The summed E-state index contributed by atoms with van der Waals surface area (Å²) in [4.78, 5) is 12.3. The number of aryl methyl sites for hydroxylation is 1. The summed E-state index contributed by atoms with van der Waals surface area (Å²) in [6.45, 7) is 1.90. The number of carbonyl (C=O) groups excluding carboxylic acids is 1. The molecule has 1 aromatic rings. The Hall–Kier alpha value is -1.03. The maximum Gasteiger partial charge on any atom is 0.262 e. The molecule has 0 atom stereocenters. The third kappa shape index (κ3) is 1.51. The summed E-state index contributed by atoms with van der Waals surface area (Å²) < 4.78 is 4.94. The molecule has 0 saturated heterocycles. The molecule has 0 fully saturated rings. The first kappa shape index (κ1) is 8.07. The third-order valence-corrected chi connectivity index (χ3v) is 2.31. The molecule has 1 amide bonds. The fraction of sp³-hybridized carbons (Fsp3) is 0.286. The fourth-order valence-electron chi connectivity index (χ4n) is 0.814. The van der Waals surface area contributed by atoms with Gasteiger partial charge < -0.3 is 10.5 Å². The average Bonchev–Trinajstić information content (AvgIpc) is 2.30. The van der Waals surface area contributed by atoms with Crippen molar-refractivity contribution >= 4 is 17.2 Å². The Labute approximate surface area is 68.8 Å². The number of primary amides is 1. The van der Waals surface area contributed by atoms with Crippen molar-refractivity contribution in [2.45, 2.75) is 6.92 Å². The van der Waals surface area contributed by atoms with Gasteiger partial charge in [0.05, 0.1) is 7.11 Å². The second-order valence-corrected chi connectivity index (χ2v) is 3.38. The van der Waals surface area contributed by atoms with Crippen molar-refractivity contribution in [1.82, 2.24) is 0 Å². The van der Waals surface area contributed by atoms with E-state index in [4.69, 9.17) is 10.5 Å². The van der Waals surface area contributed by atoms with E-state index in [0.717, 1.165) is 4.88 Å². The minimum Gasteiger partial charge on any atom is -0.495 e. The Kier molecular flexibility index (Phi) is 2.14. The average molecular weight is 171 g/mol. The van der Waals surface area contributed by atoms with Gasteiger partial charge >= 0.3 is 0 Å². The lowest BCUT2D eigenvalue weighted by molar-refractivity contribution is 0.100. The molecular formula is C7H9NO2S. The number of rotatable bonds is 2. The Morgan fingerprint density at radius 1 is 1.73 bits per heavy atom. The van der Waals surface area contributed by atoms with Gasteiger partial charge in [-0.05, 0) is 13.0 Å². The number of hydrogen-bond donors (Lipinski definition) is 1. The summed E-state index contributed by atoms with van der Waals surface area (Å²) in [5, 5.41) is 0. The van der Waals surface area contributed by atoms with Crippen LogP contribution in [-0.4, -0.2) is 13.0 Å². The van der Waals surface area contributed by atoms with Crippen molar-refractivity contribution in [3.63, 3.8) is 0 Å². The predicted octanol–water partition coefficient (Wildman–Crippen LogP) is 1.16. The molecule has 1 rings (SSSR count). The van der Waals surface area contributed by atoms with Crippen LogP contribution in [0.1, 0.15) is 14.5 Å². The summed E-state index contributed by atoms with van der Waals surface area (Å²) in [6, 6.07) is 1.80. The van der Waals surface area contributed by atoms with Crippen LogP contribution in [0.5, 0.6) is 5.75 Å². The summed E-state index contributed by atoms with van der Waals surface area (Å²) in [5.74, 6) is 0.139. The van der Waals surface area contributed by atoms with Crippen molar-refractivity contribution in [2.75, 3.05) is 7.11 Å². The molecule has 0 bridgehead atoms. The molecule has 3 nitrogen and oxygen atoms in total. The molecule has 1 heterocycles. The second kappa shape index (κ2) is 2.92. The molecule has 0 spiro atoms. The lowest BCUT2D eigenvalue weighted by atomic mass is 10.4. The van der Waals surface area contributed by atoms with E-state index in [0.29, 0.717) is 10.6 Å². The van der Waals surface area contributed by atoms with Crippen molar-refractivity contribution in [2.24, 2.45) is 5.73 Å². The van der Waals surface area contributed by atoms with Crippen molar-refractivity contribution < 1.29 is 9.53 Å². The maximum atomic E-state index is 10.7. The molecule has 0 saturated carbocycles. The highest BCUT2D eigenvalue weighted by Crippen LogP contribution is 2.27. The van der Waals surface area contributed by atoms with E-state index >= 15 is 0 Å². The number of thiophene rings is 1. The molecule has 0 radical (unpaired) electrons. The Balaban J connectivity index is 3.12. The molecule has 0 aliphatic rings. The fourth-order valence-corrected chi connectivity index (χ4v) is 1.65. The Morgan fingerprint density at radius 3 is 2.73 bits per heavy atom. The number of hydrogen-bond acceptors (Lipinski definition) is 3. The normalized spacial score (nSPS) is 9.64. The Morgan fingerprint density at radius 2 is 2.36 bits per heavy atom. The number of nitrogens with two attached hydrogens (primary N) is 1. The molecule has 2 N–H and O–H groups in total.